The van der Waals surface area contributed by atoms with Crippen LogP contribution in [0.3, 0.4) is 0 Å². The van der Waals surface area contributed by atoms with Crippen molar-refractivity contribution in [2.24, 2.45) is 0 Å². The van der Waals surface area contributed by atoms with Crippen LogP contribution in [0.25, 0.3) is 0 Å². The number of phenolic OH excluding ortho intramolecular Hbond substituents is 1. The summed E-state index contributed by atoms with van der Waals surface area (Å²) in [5.74, 6) is -2.32. The molecule has 0 atom stereocenters. The molecular formula is C17H12NO5-. The predicted molar refractivity (Wildman–Crippen MR) is 79.5 cm³/mol. The minimum absolute atomic E-state index is 0.0443. The fourth-order valence-corrected chi connectivity index (χ4v) is 2.65. The molecule has 0 bridgehead atoms. The van der Waals surface area contributed by atoms with E-state index < -0.39 is 11.8 Å². The number of ketones is 2. The average Bonchev–Trinajstić information content (AvgIpc) is 2.53. The number of phenols is 1. The minimum atomic E-state index is -1.22. The molecule has 116 valence electrons. The highest BCUT2D eigenvalue weighted by Gasteiger charge is 2.33. The van der Waals surface area contributed by atoms with Crippen LogP contribution < -0.4 is 10.4 Å². The number of aliphatic carboxylic acids is 1. The van der Waals surface area contributed by atoms with Gasteiger partial charge in [-0.25, -0.2) is 0 Å². The van der Waals surface area contributed by atoms with Crippen molar-refractivity contribution < 1.29 is 24.6 Å². The zero-order valence-corrected chi connectivity index (χ0v) is 12.0. The van der Waals surface area contributed by atoms with Crippen LogP contribution in [0.4, 0.5) is 5.69 Å². The van der Waals surface area contributed by atoms with Gasteiger partial charge >= 0.3 is 0 Å². The van der Waals surface area contributed by atoms with Crippen LogP contribution in [0.15, 0.2) is 36.4 Å². The van der Waals surface area contributed by atoms with Crippen molar-refractivity contribution in [3.63, 3.8) is 0 Å². The molecule has 0 spiro atoms. The van der Waals surface area contributed by atoms with Gasteiger partial charge in [-0.2, -0.15) is 0 Å². The number of nitrogens with one attached hydrogen (secondary N) is 1. The normalized spacial score (nSPS) is 12.5. The van der Waals surface area contributed by atoms with E-state index in [1.54, 1.807) is 18.2 Å². The van der Waals surface area contributed by atoms with Crippen LogP contribution in [0.5, 0.6) is 5.75 Å². The van der Waals surface area contributed by atoms with E-state index >= 15 is 0 Å². The Morgan fingerprint density at radius 2 is 1.61 bits per heavy atom. The quantitative estimate of drug-likeness (QED) is 0.688. The lowest BCUT2D eigenvalue weighted by atomic mass is 9.82. The van der Waals surface area contributed by atoms with E-state index in [1.165, 1.54) is 18.2 Å². The van der Waals surface area contributed by atoms with E-state index in [1.807, 2.05) is 0 Å². The minimum Gasteiger partial charge on any atom is -0.550 e. The molecule has 6 nitrogen and oxygen atoms in total. The smallest absolute Gasteiger partial charge is 0.198 e. The molecule has 2 N–H and O–H groups in total. The number of rotatable bonds is 4. The number of benzene rings is 2. The highest BCUT2D eigenvalue weighted by atomic mass is 16.4. The van der Waals surface area contributed by atoms with Crippen molar-refractivity contribution in [3.8, 4) is 5.75 Å². The molecule has 2 aromatic carbocycles. The third-order valence-corrected chi connectivity index (χ3v) is 3.70. The van der Waals surface area contributed by atoms with Gasteiger partial charge in [-0.15, -0.1) is 0 Å². The number of carbonyl (C=O) groups excluding carboxylic acids is 3. The first kappa shape index (κ1) is 14.8. The van der Waals surface area contributed by atoms with E-state index in [0.717, 1.165) is 0 Å². The highest BCUT2D eigenvalue weighted by molar-refractivity contribution is 6.31. The van der Waals surface area contributed by atoms with Crippen LogP contribution in [0, 0.1) is 0 Å². The predicted octanol–water partition coefficient (Wildman–Crippen LogP) is 0.720. The van der Waals surface area contributed by atoms with Gasteiger partial charge < -0.3 is 20.3 Å². The molecule has 6 heteroatoms. The maximum Gasteiger partial charge on any atom is 0.198 e. The Bertz CT molecular complexity index is 841. The number of hydrogen-bond donors (Lipinski definition) is 2. The van der Waals surface area contributed by atoms with Crippen molar-refractivity contribution in [2.45, 2.75) is 6.42 Å². The second-order valence-electron chi connectivity index (χ2n) is 5.13. The topological polar surface area (TPSA) is 107 Å². The molecule has 0 heterocycles. The van der Waals surface area contributed by atoms with Gasteiger partial charge in [0.05, 0.1) is 11.1 Å². The van der Waals surface area contributed by atoms with Crippen molar-refractivity contribution in [2.75, 3.05) is 11.9 Å². The Balaban J connectivity index is 2.09. The van der Waals surface area contributed by atoms with Crippen LogP contribution in [-0.2, 0) is 4.79 Å². The van der Waals surface area contributed by atoms with Crippen LogP contribution in [-0.4, -0.2) is 29.2 Å². The van der Waals surface area contributed by atoms with Crippen molar-refractivity contribution >= 4 is 23.2 Å². The van der Waals surface area contributed by atoms with Crippen molar-refractivity contribution in [3.05, 3.63) is 58.7 Å². The third-order valence-electron chi connectivity index (χ3n) is 3.70. The summed E-state index contributed by atoms with van der Waals surface area (Å²) in [7, 11) is 0. The summed E-state index contributed by atoms with van der Waals surface area (Å²) >= 11 is 0. The lowest BCUT2D eigenvalue weighted by Gasteiger charge is -2.21. The fraction of sp³-hybridized carbons (Fsp3) is 0.118. The van der Waals surface area contributed by atoms with Gasteiger partial charge in [0.1, 0.15) is 5.75 Å². The Hall–Kier alpha value is -3.15. The molecule has 1 aliphatic rings. The summed E-state index contributed by atoms with van der Waals surface area (Å²) in [5, 5.41) is 23.3. The first-order valence-electron chi connectivity index (χ1n) is 6.99. The van der Waals surface area contributed by atoms with Crippen LogP contribution >= 0.6 is 0 Å². The molecule has 2 aromatic rings. The number of anilines is 1. The zero-order chi connectivity index (χ0) is 16.6. The second-order valence-corrected chi connectivity index (χ2v) is 5.13. The summed E-state index contributed by atoms with van der Waals surface area (Å²) in [6.45, 7) is 0.0443. The van der Waals surface area contributed by atoms with E-state index in [2.05, 4.69) is 5.32 Å². The van der Waals surface area contributed by atoms with Crippen molar-refractivity contribution in [1.82, 2.24) is 0 Å². The van der Waals surface area contributed by atoms with Crippen molar-refractivity contribution in [1.29, 1.82) is 0 Å². The zero-order valence-electron chi connectivity index (χ0n) is 12.0. The average molecular weight is 310 g/mol. The second kappa shape index (κ2) is 5.57. The molecule has 0 aliphatic heterocycles. The molecule has 23 heavy (non-hydrogen) atoms. The van der Waals surface area contributed by atoms with Gasteiger partial charge in [-0.1, -0.05) is 24.3 Å². The maximum absolute atomic E-state index is 12.7. The fourth-order valence-electron chi connectivity index (χ4n) is 2.65. The first-order valence-corrected chi connectivity index (χ1v) is 6.99. The summed E-state index contributed by atoms with van der Waals surface area (Å²) in [6, 6.07) is 9.14. The van der Waals surface area contributed by atoms with Crippen LogP contribution in [0.1, 0.15) is 38.3 Å². The summed E-state index contributed by atoms with van der Waals surface area (Å²) in [6.07, 6.45) is -0.242. The number of aromatic hydroxyl groups is 1. The van der Waals surface area contributed by atoms with E-state index in [4.69, 9.17) is 0 Å². The largest absolute Gasteiger partial charge is 0.550 e. The number of hydrogen-bond acceptors (Lipinski definition) is 6. The van der Waals surface area contributed by atoms with Gasteiger partial charge in [-0.3, -0.25) is 9.59 Å². The number of carboxylic acids is 1. The molecule has 0 fully saturated rings. The molecular weight excluding hydrogens is 298 g/mol. The Morgan fingerprint density at radius 3 is 2.22 bits per heavy atom. The van der Waals surface area contributed by atoms with Gasteiger partial charge in [0.25, 0.3) is 0 Å². The van der Waals surface area contributed by atoms with Gasteiger partial charge in [0.2, 0.25) is 0 Å². The highest BCUT2D eigenvalue weighted by Crippen LogP contribution is 2.36. The Labute approximate surface area is 131 Å². The Morgan fingerprint density at radius 1 is 1.00 bits per heavy atom. The van der Waals surface area contributed by atoms with Gasteiger partial charge in [-0.05, 0) is 12.1 Å². The van der Waals surface area contributed by atoms with E-state index in [-0.39, 0.29) is 46.8 Å². The third kappa shape index (κ3) is 2.44. The number of carbonyl (C=O) groups is 3. The monoisotopic (exact) mass is 310 g/mol. The summed E-state index contributed by atoms with van der Waals surface area (Å²) < 4.78 is 0. The molecule has 0 amide bonds. The molecule has 0 aromatic heterocycles. The lowest BCUT2D eigenvalue weighted by Crippen LogP contribution is -2.26. The molecule has 1 aliphatic carbocycles. The maximum atomic E-state index is 12.7. The van der Waals surface area contributed by atoms with E-state index in [0.29, 0.717) is 5.69 Å². The lowest BCUT2D eigenvalue weighted by molar-refractivity contribution is -0.305. The SMILES string of the molecule is O=C([O-])CCNc1ccc(O)c2c1C(=O)c1ccccc1C2=O. The molecule has 0 saturated heterocycles. The number of fused-ring (bicyclic) bond motifs is 2. The van der Waals surface area contributed by atoms with E-state index in [9.17, 15) is 24.6 Å². The van der Waals surface area contributed by atoms with Gasteiger partial charge in [0.15, 0.2) is 11.6 Å². The molecule has 0 radical (unpaired) electrons. The molecule has 3 rings (SSSR count). The Kier molecular flexibility index (Phi) is 3.57. The van der Waals surface area contributed by atoms with Crippen LogP contribution in [0.2, 0.25) is 0 Å². The molecule has 0 unspecified atom stereocenters. The molecule has 0 saturated carbocycles. The summed E-state index contributed by atoms with van der Waals surface area (Å²) in [5.41, 5.74) is 0.817. The number of carboxylic acid groups (broad SMARTS) is 1. The standard InChI is InChI=1S/C17H13NO5/c19-12-6-5-11(18-8-7-13(20)21)14-15(12)17(23)10-4-2-1-3-9(10)16(14)22/h1-6,18-19H,7-8H2,(H,20,21)/p-1. The van der Waals surface area contributed by atoms with Gasteiger partial charge in [0, 0.05) is 35.7 Å². The first-order chi connectivity index (χ1) is 11.0. The summed E-state index contributed by atoms with van der Waals surface area (Å²) in [4.78, 5) is 35.8.